The maximum Gasteiger partial charge on any atom is 0.135 e. The van der Waals surface area contributed by atoms with Crippen LogP contribution in [-0.4, -0.2) is 0 Å². The molecule has 1 aromatic heterocycles. The van der Waals surface area contributed by atoms with Gasteiger partial charge in [0.1, 0.15) is 11.3 Å². The van der Waals surface area contributed by atoms with Gasteiger partial charge in [0.05, 0.1) is 0 Å². The number of allylic oxidation sites excluding steroid dienone is 1. The quantitative estimate of drug-likeness (QED) is 0.616. The van der Waals surface area contributed by atoms with E-state index in [1.54, 1.807) is 0 Å². The van der Waals surface area contributed by atoms with Crippen molar-refractivity contribution >= 4 is 17.0 Å². The number of hydrogen-bond donors (Lipinski definition) is 0. The number of furan rings is 1. The van der Waals surface area contributed by atoms with E-state index in [4.69, 9.17) is 4.42 Å². The molecular weight excluding hydrogens is 184 g/mol. The minimum absolute atomic E-state index is 0.577. The van der Waals surface area contributed by atoms with Crippen molar-refractivity contribution < 1.29 is 4.42 Å². The fraction of sp³-hybridized carbons (Fsp3) is 0.286. The van der Waals surface area contributed by atoms with E-state index in [2.05, 4.69) is 44.2 Å². The van der Waals surface area contributed by atoms with Crippen molar-refractivity contribution in [2.45, 2.75) is 26.2 Å². The maximum atomic E-state index is 5.83. The molecule has 15 heavy (non-hydrogen) atoms. The Hall–Kier alpha value is -1.50. The van der Waals surface area contributed by atoms with Gasteiger partial charge in [-0.1, -0.05) is 24.6 Å². The van der Waals surface area contributed by atoms with Crippen LogP contribution in [0.1, 0.15) is 36.1 Å². The molecule has 2 aromatic rings. The zero-order valence-corrected chi connectivity index (χ0v) is 9.08. The number of hydrogen-bond acceptors (Lipinski definition) is 1. The van der Waals surface area contributed by atoms with Crippen LogP contribution < -0.4 is 0 Å². The lowest BCUT2D eigenvalue weighted by atomic mass is 9.90. The second kappa shape index (κ2) is 2.99. The average Bonchev–Trinajstić information content (AvgIpc) is 2.57. The molecule has 1 nitrogen and oxygen atoms in total. The Morgan fingerprint density at radius 3 is 3.07 bits per heavy atom. The molecule has 1 aromatic carbocycles. The second-order valence-corrected chi connectivity index (χ2v) is 4.42. The zero-order chi connectivity index (χ0) is 10.4. The summed E-state index contributed by atoms with van der Waals surface area (Å²) in [6.07, 6.45) is 5.42. The van der Waals surface area contributed by atoms with E-state index in [1.165, 1.54) is 16.5 Å². The Labute approximate surface area is 89.4 Å². The highest BCUT2D eigenvalue weighted by Crippen LogP contribution is 2.37. The maximum absolute atomic E-state index is 5.83. The molecule has 1 heteroatoms. The molecule has 1 aliphatic rings. The van der Waals surface area contributed by atoms with Gasteiger partial charge in [-0.05, 0) is 37.5 Å². The lowest BCUT2D eigenvalue weighted by Crippen LogP contribution is -1.96. The Bertz CT molecular complexity index is 546. The summed E-state index contributed by atoms with van der Waals surface area (Å²) in [7, 11) is 0. The largest absolute Gasteiger partial charge is 0.456 e. The zero-order valence-electron chi connectivity index (χ0n) is 9.08. The van der Waals surface area contributed by atoms with Crippen LogP contribution in [0.5, 0.6) is 0 Å². The van der Waals surface area contributed by atoms with Crippen LogP contribution in [0, 0.1) is 6.92 Å². The van der Waals surface area contributed by atoms with Crippen LogP contribution in [0.2, 0.25) is 0 Å². The Morgan fingerprint density at radius 2 is 2.20 bits per heavy atom. The molecule has 0 bridgehead atoms. The summed E-state index contributed by atoms with van der Waals surface area (Å²) in [4.78, 5) is 0. The van der Waals surface area contributed by atoms with E-state index in [-0.39, 0.29) is 0 Å². The highest BCUT2D eigenvalue weighted by Gasteiger charge is 2.19. The Balaban J connectivity index is 2.39. The van der Waals surface area contributed by atoms with Gasteiger partial charge in [0.25, 0.3) is 0 Å². The van der Waals surface area contributed by atoms with Gasteiger partial charge in [-0.25, -0.2) is 0 Å². The first kappa shape index (κ1) is 8.78. The number of aryl methyl sites for hydroxylation is 1. The predicted octanol–water partition coefficient (Wildman–Crippen LogP) is 4.26. The SMILES string of the molecule is Cc1ccc2oc3c(c2c1)C(C)CC=C3. The summed E-state index contributed by atoms with van der Waals surface area (Å²) in [5, 5.41) is 1.29. The number of fused-ring (bicyclic) bond motifs is 3. The molecule has 0 saturated heterocycles. The highest BCUT2D eigenvalue weighted by atomic mass is 16.3. The van der Waals surface area contributed by atoms with Gasteiger partial charge in [-0.15, -0.1) is 0 Å². The van der Waals surface area contributed by atoms with E-state index in [0.717, 1.165) is 17.8 Å². The van der Waals surface area contributed by atoms with Crippen LogP contribution in [-0.2, 0) is 0 Å². The van der Waals surface area contributed by atoms with Crippen molar-refractivity contribution in [3.63, 3.8) is 0 Å². The van der Waals surface area contributed by atoms with Crippen molar-refractivity contribution in [2.75, 3.05) is 0 Å². The van der Waals surface area contributed by atoms with E-state index in [1.807, 2.05) is 0 Å². The number of rotatable bonds is 0. The fourth-order valence-corrected chi connectivity index (χ4v) is 2.38. The third-order valence-corrected chi connectivity index (χ3v) is 3.16. The topological polar surface area (TPSA) is 13.1 Å². The minimum Gasteiger partial charge on any atom is -0.456 e. The third-order valence-electron chi connectivity index (χ3n) is 3.16. The lowest BCUT2D eigenvalue weighted by Gasteiger charge is -2.12. The van der Waals surface area contributed by atoms with Crippen LogP contribution in [0.15, 0.2) is 28.7 Å². The van der Waals surface area contributed by atoms with Crippen molar-refractivity contribution in [1.82, 2.24) is 0 Å². The molecular formula is C14H14O. The van der Waals surface area contributed by atoms with Crippen molar-refractivity contribution in [3.05, 3.63) is 41.2 Å². The van der Waals surface area contributed by atoms with Gasteiger partial charge >= 0.3 is 0 Å². The van der Waals surface area contributed by atoms with E-state index < -0.39 is 0 Å². The van der Waals surface area contributed by atoms with Crippen LogP contribution in [0.25, 0.3) is 17.0 Å². The molecule has 0 spiro atoms. The van der Waals surface area contributed by atoms with Crippen LogP contribution in [0.3, 0.4) is 0 Å². The van der Waals surface area contributed by atoms with E-state index in [0.29, 0.717) is 5.92 Å². The summed E-state index contributed by atoms with van der Waals surface area (Å²) in [6.45, 7) is 4.39. The van der Waals surface area contributed by atoms with Crippen LogP contribution in [0.4, 0.5) is 0 Å². The Morgan fingerprint density at radius 1 is 1.33 bits per heavy atom. The molecule has 3 rings (SSSR count). The molecule has 0 radical (unpaired) electrons. The predicted molar refractivity (Wildman–Crippen MR) is 63.0 cm³/mol. The van der Waals surface area contributed by atoms with Gasteiger partial charge in [-0.2, -0.15) is 0 Å². The molecule has 1 unspecified atom stereocenters. The summed E-state index contributed by atoms with van der Waals surface area (Å²) in [5.74, 6) is 1.63. The molecule has 1 atom stereocenters. The standard InChI is InChI=1S/C14H14O/c1-9-6-7-12-11(8-9)14-10(2)4-3-5-13(14)15-12/h3,5-8,10H,4H2,1-2H3. The summed E-state index contributed by atoms with van der Waals surface area (Å²) < 4.78 is 5.83. The summed E-state index contributed by atoms with van der Waals surface area (Å²) in [5.41, 5.74) is 3.70. The van der Waals surface area contributed by atoms with Gasteiger partial charge in [0, 0.05) is 10.9 Å². The summed E-state index contributed by atoms with van der Waals surface area (Å²) in [6, 6.07) is 6.41. The highest BCUT2D eigenvalue weighted by molar-refractivity contribution is 5.86. The second-order valence-electron chi connectivity index (χ2n) is 4.42. The van der Waals surface area contributed by atoms with E-state index >= 15 is 0 Å². The van der Waals surface area contributed by atoms with Gasteiger partial charge in [0.2, 0.25) is 0 Å². The van der Waals surface area contributed by atoms with Gasteiger partial charge < -0.3 is 4.42 Å². The monoisotopic (exact) mass is 198 g/mol. The number of benzene rings is 1. The average molecular weight is 198 g/mol. The molecule has 0 N–H and O–H groups in total. The molecule has 76 valence electrons. The molecule has 0 aliphatic heterocycles. The first-order valence-corrected chi connectivity index (χ1v) is 5.45. The first-order valence-electron chi connectivity index (χ1n) is 5.45. The van der Waals surface area contributed by atoms with E-state index in [9.17, 15) is 0 Å². The van der Waals surface area contributed by atoms with Crippen LogP contribution >= 0.6 is 0 Å². The van der Waals surface area contributed by atoms with Gasteiger partial charge in [-0.3, -0.25) is 0 Å². The third kappa shape index (κ3) is 1.23. The Kier molecular flexibility index (Phi) is 1.75. The molecule has 1 heterocycles. The lowest BCUT2D eigenvalue weighted by molar-refractivity contribution is 0.586. The van der Waals surface area contributed by atoms with Crippen molar-refractivity contribution in [1.29, 1.82) is 0 Å². The van der Waals surface area contributed by atoms with Crippen molar-refractivity contribution in [3.8, 4) is 0 Å². The summed E-state index contributed by atoms with van der Waals surface area (Å²) >= 11 is 0. The molecule has 0 saturated carbocycles. The first-order chi connectivity index (χ1) is 7.25. The smallest absolute Gasteiger partial charge is 0.135 e. The van der Waals surface area contributed by atoms with Gasteiger partial charge in [0.15, 0.2) is 0 Å². The minimum atomic E-state index is 0.577. The fourth-order valence-electron chi connectivity index (χ4n) is 2.38. The molecule has 0 amide bonds. The normalized spacial score (nSPS) is 19.5. The molecule has 1 aliphatic carbocycles. The molecule has 0 fully saturated rings. The van der Waals surface area contributed by atoms with Crippen molar-refractivity contribution in [2.24, 2.45) is 0 Å².